The molecule has 0 saturated heterocycles. The lowest BCUT2D eigenvalue weighted by Gasteiger charge is -2.10. The number of nitrogens with zero attached hydrogens (tertiary/aromatic N) is 1. The Balaban J connectivity index is 2.03. The highest BCUT2D eigenvalue weighted by molar-refractivity contribution is 5.90. The SMILES string of the molecule is CCOc1ccc(NC(=O)Cn2c(C)cccc2=O)cc1. The smallest absolute Gasteiger partial charge is 0.251 e. The van der Waals surface area contributed by atoms with Gasteiger partial charge in [0.25, 0.3) is 5.56 Å². The highest BCUT2D eigenvalue weighted by atomic mass is 16.5. The standard InChI is InChI=1S/C16H18N2O3/c1-3-21-14-9-7-13(8-10-14)17-15(19)11-18-12(2)5-4-6-16(18)20/h4-10H,3,11H2,1-2H3,(H,17,19). The summed E-state index contributed by atoms with van der Waals surface area (Å²) in [6.45, 7) is 4.31. The Bertz CT molecular complexity index is 675. The van der Waals surface area contributed by atoms with Crippen LogP contribution in [-0.2, 0) is 11.3 Å². The van der Waals surface area contributed by atoms with Crippen molar-refractivity contribution in [3.8, 4) is 5.75 Å². The number of carbonyl (C=O) groups excluding carboxylic acids is 1. The minimum atomic E-state index is -0.240. The lowest BCUT2D eigenvalue weighted by Crippen LogP contribution is -2.28. The first-order valence-electron chi connectivity index (χ1n) is 6.79. The van der Waals surface area contributed by atoms with Crippen molar-refractivity contribution in [3.05, 3.63) is 58.5 Å². The van der Waals surface area contributed by atoms with Crippen LogP contribution < -0.4 is 15.6 Å². The van der Waals surface area contributed by atoms with Gasteiger partial charge >= 0.3 is 0 Å². The van der Waals surface area contributed by atoms with Crippen molar-refractivity contribution in [2.75, 3.05) is 11.9 Å². The summed E-state index contributed by atoms with van der Waals surface area (Å²) in [5.74, 6) is 0.515. The van der Waals surface area contributed by atoms with Gasteiger partial charge in [0.2, 0.25) is 5.91 Å². The molecule has 1 aromatic heterocycles. The first-order chi connectivity index (χ1) is 10.1. The van der Waals surface area contributed by atoms with Gasteiger partial charge in [0.15, 0.2) is 0 Å². The van der Waals surface area contributed by atoms with Gasteiger partial charge in [0.05, 0.1) is 6.61 Å². The molecule has 1 N–H and O–H groups in total. The molecule has 0 saturated carbocycles. The van der Waals surface area contributed by atoms with Crippen molar-refractivity contribution < 1.29 is 9.53 Å². The number of hydrogen-bond donors (Lipinski definition) is 1. The molecule has 0 aliphatic rings. The topological polar surface area (TPSA) is 60.3 Å². The van der Waals surface area contributed by atoms with E-state index in [1.807, 2.05) is 6.92 Å². The van der Waals surface area contributed by atoms with Gasteiger partial charge in [-0.05, 0) is 44.2 Å². The number of amides is 1. The molecule has 0 spiro atoms. The molecule has 0 fully saturated rings. The second-order valence-corrected chi connectivity index (χ2v) is 4.60. The molecule has 2 aromatic rings. The zero-order valence-electron chi connectivity index (χ0n) is 12.1. The molecule has 1 amide bonds. The zero-order valence-corrected chi connectivity index (χ0v) is 12.1. The van der Waals surface area contributed by atoms with Gasteiger partial charge in [-0.25, -0.2) is 0 Å². The van der Waals surface area contributed by atoms with E-state index in [-0.39, 0.29) is 18.0 Å². The van der Waals surface area contributed by atoms with Crippen LogP contribution in [0.2, 0.25) is 0 Å². The van der Waals surface area contributed by atoms with Gasteiger partial charge in [0, 0.05) is 17.4 Å². The van der Waals surface area contributed by atoms with E-state index in [1.165, 1.54) is 10.6 Å². The third kappa shape index (κ3) is 3.95. The number of rotatable bonds is 5. The Labute approximate surface area is 123 Å². The third-order valence-corrected chi connectivity index (χ3v) is 3.02. The van der Waals surface area contributed by atoms with Crippen LogP contribution in [-0.4, -0.2) is 17.1 Å². The summed E-state index contributed by atoms with van der Waals surface area (Å²) in [5, 5.41) is 2.76. The number of aryl methyl sites for hydroxylation is 1. The van der Waals surface area contributed by atoms with Crippen LogP contribution in [0.4, 0.5) is 5.69 Å². The van der Waals surface area contributed by atoms with Crippen LogP contribution in [0.15, 0.2) is 47.3 Å². The van der Waals surface area contributed by atoms with E-state index in [1.54, 1.807) is 43.3 Å². The third-order valence-electron chi connectivity index (χ3n) is 3.02. The Morgan fingerprint density at radius 3 is 2.52 bits per heavy atom. The van der Waals surface area contributed by atoms with E-state index in [0.717, 1.165) is 11.4 Å². The zero-order chi connectivity index (χ0) is 15.2. The highest BCUT2D eigenvalue weighted by Crippen LogP contribution is 2.15. The Hall–Kier alpha value is -2.56. The van der Waals surface area contributed by atoms with E-state index >= 15 is 0 Å². The second kappa shape index (κ2) is 6.74. The molecule has 0 unspecified atom stereocenters. The minimum absolute atomic E-state index is 0.00127. The summed E-state index contributed by atoms with van der Waals surface area (Å²) < 4.78 is 6.77. The van der Waals surface area contributed by atoms with Crippen LogP contribution in [0.25, 0.3) is 0 Å². The molecule has 2 rings (SSSR count). The van der Waals surface area contributed by atoms with E-state index in [4.69, 9.17) is 4.74 Å². The lowest BCUT2D eigenvalue weighted by molar-refractivity contribution is -0.116. The van der Waals surface area contributed by atoms with Crippen LogP contribution in [0.1, 0.15) is 12.6 Å². The Morgan fingerprint density at radius 1 is 1.19 bits per heavy atom. The average molecular weight is 286 g/mol. The summed E-state index contributed by atoms with van der Waals surface area (Å²) in [6, 6.07) is 12.0. The fraction of sp³-hybridized carbons (Fsp3) is 0.250. The second-order valence-electron chi connectivity index (χ2n) is 4.60. The normalized spacial score (nSPS) is 10.2. The molecule has 1 aromatic carbocycles. The molecule has 5 nitrogen and oxygen atoms in total. The Kier molecular flexibility index (Phi) is 4.77. The van der Waals surface area contributed by atoms with E-state index < -0.39 is 0 Å². The maximum absolute atomic E-state index is 12.0. The minimum Gasteiger partial charge on any atom is -0.494 e. The molecule has 0 radical (unpaired) electrons. The molecule has 0 bridgehead atoms. The van der Waals surface area contributed by atoms with Crippen molar-refractivity contribution in [2.24, 2.45) is 0 Å². The summed E-state index contributed by atoms with van der Waals surface area (Å²) in [7, 11) is 0. The number of hydrogen-bond acceptors (Lipinski definition) is 3. The van der Waals surface area contributed by atoms with Crippen LogP contribution in [0.5, 0.6) is 5.75 Å². The molecule has 110 valence electrons. The van der Waals surface area contributed by atoms with Crippen molar-refractivity contribution in [1.82, 2.24) is 4.57 Å². The summed E-state index contributed by atoms with van der Waals surface area (Å²) in [5.41, 5.74) is 1.24. The molecular weight excluding hydrogens is 268 g/mol. The van der Waals surface area contributed by atoms with Gasteiger partial charge in [-0.1, -0.05) is 6.07 Å². The van der Waals surface area contributed by atoms with Gasteiger partial charge in [0.1, 0.15) is 12.3 Å². The van der Waals surface area contributed by atoms with E-state index in [0.29, 0.717) is 12.3 Å². The summed E-state index contributed by atoms with van der Waals surface area (Å²) in [6.07, 6.45) is 0. The van der Waals surface area contributed by atoms with Crippen LogP contribution in [0, 0.1) is 6.92 Å². The molecule has 5 heteroatoms. The number of carbonyl (C=O) groups is 1. The van der Waals surface area contributed by atoms with Gasteiger partial charge in [-0.3, -0.25) is 9.59 Å². The molecule has 0 atom stereocenters. The van der Waals surface area contributed by atoms with Gasteiger partial charge in [-0.2, -0.15) is 0 Å². The van der Waals surface area contributed by atoms with Crippen molar-refractivity contribution in [3.63, 3.8) is 0 Å². The highest BCUT2D eigenvalue weighted by Gasteiger charge is 2.07. The number of nitrogens with one attached hydrogen (secondary N) is 1. The number of ether oxygens (including phenoxy) is 1. The number of aromatic nitrogens is 1. The quantitative estimate of drug-likeness (QED) is 0.916. The monoisotopic (exact) mass is 286 g/mol. The first-order valence-corrected chi connectivity index (χ1v) is 6.79. The lowest BCUT2D eigenvalue weighted by atomic mass is 10.3. The summed E-state index contributed by atoms with van der Waals surface area (Å²) >= 11 is 0. The van der Waals surface area contributed by atoms with Crippen molar-refractivity contribution in [1.29, 1.82) is 0 Å². The van der Waals surface area contributed by atoms with Crippen LogP contribution in [0.3, 0.4) is 0 Å². The molecule has 0 aliphatic carbocycles. The van der Waals surface area contributed by atoms with Gasteiger partial charge < -0.3 is 14.6 Å². The maximum atomic E-state index is 12.0. The van der Waals surface area contributed by atoms with Crippen LogP contribution >= 0.6 is 0 Å². The van der Waals surface area contributed by atoms with E-state index in [2.05, 4.69) is 5.32 Å². The fourth-order valence-corrected chi connectivity index (χ4v) is 1.97. The number of benzene rings is 1. The number of anilines is 1. The van der Waals surface area contributed by atoms with Crippen molar-refractivity contribution in [2.45, 2.75) is 20.4 Å². The fourth-order valence-electron chi connectivity index (χ4n) is 1.97. The average Bonchev–Trinajstić information content (AvgIpc) is 2.45. The largest absolute Gasteiger partial charge is 0.494 e. The maximum Gasteiger partial charge on any atom is 0.251 e. The molecule has 1 heterocycles. The predicted molar refractivity (Wildman–Crippen MR) is 81.7 cm³/mol. The first kappa shape index (κ1) is 14.8. The van der Waals surface area contributed by atoms with Crippen molar-refractivity contribution >= 4 is 11.6 Å². The number of pyridine rings is 1. The van der Waals surface area contributed by atoms with E-state index in [9.17, 15) is 9.59 Å². The summed E-state index contributed by atoms with van der Waals surface area (Å²) in [4.78, 5) is 23.7. The predicted octanol–water partition coefficient (Wildman–Crippen LogP) is 2.19. The Morgan fingerprint density at radius 2 is 1.90 bits per heavy atom. The molecular formula is C16H18N2O3. The molecule has 21 heavy (non-hydrogen) atoms. The van der Waals surface area contributed by atoms with Gasteiger partial charge in [-0.15, -0.1) is 0 Å². The molecule has 0 aliphatic heterocycles.